The van der Waals surface area contributed by atoms with Gasteiger partial charge in [0, 0.05) is 32.7 Å². The molecule has 2 amide bonds. The minimum atomic E-state index is -0.499. The van der Waals surface area contributed by atoms with Gasteiger partial charge in [0.05, 0.1) is 6.42 Å². The molecule has 2 aromatic carbocycles. The lowest BCUT2D eigenvalue weighted by Gasteiger charge is -2.37. The van der Waals surface area contributed by atoms with E-state index in [4.69, 9.17) is 0 Å². The first-order chi connectivity index (χ1) is 15.5. The van der Waals surface area contributed by atoms with Crippen molar-refractivity contribution in [1.29, 1.82) is 0 Å². The van der Waals surface area contributed by atoms with Crippen LogP contribution in [-0.4, -0.2) is 53.8 Å². The monoisotopic (exact) mass is 449 g/mol. The maximum absolute atomic E-state index is 13.3. The van der Waals surface area contributed by atoms with Gasteiger partial charge in [-0.15, -0.1) is 0 Å². The van der Waals surface area contributed by atoms with E-state index in [1.165, 1.54) is 5.56 Å². The zero-order valence-electron chi connectivity index (χ0n) is 18.8. The molecular formula is C26H31N3O2S. The van der Waals surface area contributed by atoms with Crippen LogP contribution >= 0.6 is 11.3 Å². The Morgan fingerprint density at radius 2 is 1.75 bits per heavy atom. The van der Waals surface area contributed by atoms with Gasteiger partial charge in [-0.3, -0.25) is 14.5 Å². The van der Waals surface area contributed by atoms with Crippen LogP contribution in [0.1, 0.15) is 25.0 Å². The van der Waals surface area contributed by atoms with Gasteiger partial charge in [-0.05, 0) is 44.6 Å². The lowest BCUT2D eigenvalue weighted by atomic mass is 9.99. The molecule has 4 rings (SSSR count). The third kappa shape index (κ3) is 5.37. The molecule has 1 atom stereocenters. The van der Waals surface area contributed by atoms with Gasteiger partial charge in [-0.1, -0.05) is 56.3 Å². The summed E-state index contributed by atoms with van der Waals surface area (Å²) < 4.78 is 0. The molecule has 0 aliphatic carbocycles. The number of hydrogen-bond donors (Lipinski definition) is 1. The van der Waals surface area contributed by atoms with E-state index in [2.05, 4.69) is 39.2 Å². The van der Waals surface area contributed by atoms with Gasteiger partial charge in [0.2, 0.25) is 11.8 Å². The molecule has 1 aliphatic rings. The Morgan fingerprint density at radius 3 is 2.47 bits per heavy atom. The maximum Gasteiger partial charge on any atom is 0.245 e. The SMILES string of the molecule is CC(C)[C@@H](NC(=O)Cc1cccc2ccccc12)C(=O)N1CCN(Cc2ccsc2)CC1. The number of rotatable bonds is 7. The van der Waals surface area contributed by atoms with E-state index >= 15 is 0 Å². The van der Waals surface area contributed by atoms with Crippen molar-refractivity contribution in [3.63, 3.8) is 0 Å². The molecule has 32 heavy (non-hydrogen) atoms. The van der Waals surface area contributed by atoms with Crippen LogP contribution < -0.4 is 5.32 Å². The number of piperazine rings is 1. The van der Waals surface area contributed by atoms with E-state index in [1.54, 1.807) is 11.3 Å². The first kappa shape index (κ1) is 22.5. The third-order valence-electron chi connectivity index (χ3n) is 6.15. The molecule has 0 unspecified atom stereocenters. The van der Waals surface area contributed by atoms with Gasteiger partial charge < -0.3 is 10.2 Å². The summed E-state index contributed by atoms with van der Waals surface area (Å²) in [5.74, 6) is -0.0475. The molecule has 5 nitrogen and oxygen atoms in total. The molecule has 1 N–H and O–H groups in total. The largest absolute Gasteiger partial charge is 0.344 e. The van der Waals surface area contributed by atoms with Crippen molar-refractivity contribution < 1.29 is 9.59 Å². The smallest absolute Gasteiger partial charge is 0.245 e. The van der Waals surface area contributed by atoms with Gasteiger partial charge in [-0.25, -0.2) is 0 Å². The molecule has 1 aliphatic heterocycles. The minimum Gasteiger partial charge on any atom is -0.344 e. The summed E-state index contributed by atoms with van der Waals surface area (Å²) in [6.07, 6.45) is 0.270. The van der Waals surface area contributed by atoms with Gasteiger partial charge in [-0.2, -0.15) is 11.3 Å². The second kappa shape index (κ2) is 10.3. The summed E-state index contributed by atoms with van der Waals surface area (Å²) in [6, 6.07) is 15.8. The average Bonchev–Trinajstić information content (AvgIpc) is 3.31. The number of carbonyl (C=O) groups is 2. The van der Waals surface area contributed by atoms with Crippen LogP contribution in [0, 0.1) is 5.92 Å². The molecule has 1 saturated heterocycles. The second-order valence-electron chi connectivity index (χ2n) is 8.84. The Labute approximate surface area is 194 Å². The Kier molecular flexibility index (Phi) is 7.22. The van der Waals surface area contributed by atoms with Crippen LogP contribution in [0.5, 0.6) is 0 Å². The highest BCUT2D eigenvalue weighted by atomic mass is 32.1. The van der Waals surface area contributed by atoms with Crippen LogP contribution in [0.3, 0.4) is 0 Å². The summed E-state index contributed by atoms with van der Waals surface area (Å²) >= 11 is 1.72. The fourth-order valence-electron chi connectivity index (χ4n) is 4.32. The number of thiophene rings is 1. The average molecular weight is 450 g/mol. The molecule has 6 heteroatoms. The zero-order chi connectivity index (χ0) is 22.5. The lowest BCUT2D eigenvalue weighted by molar-refractivity contribution is -0.139. The summed E-state index contributed by atoms with van der Waals surface area (Å²) in [4.78, 5) is 30.5. The topological polar surface area (TPSA) is 52.7 Å². The number of carbonyl (C=O) groups excluding carboxylic acids is 2. The van der Waals surface area contributed by atoms with Crippen LogP contribution in [0.2, 0.25) is 0 Å². The summed E-state index contributed by atoms with van der Waals surface area (Å²) in [5, 5.41) is 9.51. The number of amides is 2. The van der Waals surface area contributed by atoms with Gasteiger partial charge in [0.25, 0.3) is 0 Å². The first-order valence-electron chi connectivity index (χ1n) is 11.3. The molecule has 0 spiro atoms. The standard InChI is InChI=1S/C26H31N3O2S/c1-19(2)25(26(31)29-13-11-28(12-14-29)17-20-10-15-32-18-20)27-24(30)16-22-8-5-7-21-6-3-4-9-23(21)22/h3-10,15,18-19,25H,11-14,16-17H2,1-2H3,(H,27,30)/t25-/m1/s1. The van der Waals surface area contributed by atoms with Crippen molar-refractivity contribution in [3.8, 4) is 0 Å². The van der Waals surface area contributed by atoms with Crippen molar-refractivity contribution >= 4 is 33.9 Å². The van der Waals surface area contributed by atoms with Crippen molar-refractivity contribution in [1.82, 2.24) is 15.1 Å². The molecular weight excluding hydrogens is 418 g/mol. The predicted molar refractivity (Wildman–Crippen MR) is 131 cm³/mol. The van der Waals surface area contributed by atoms with Crippen molar-refractivity contribution in [3.05, 3.63) is 70.4 Å². The second-order valence-corrected chi connectivity index (χ2v) is 9.62. The van der Waals surface area contributed by atoms with Crippen molar-refractivity contribution in [2.75, 3.05) is 26.2 Å². The highest BCUT2D eigenvalue weighted by Gasteiger charge is 2.30. The fourth-order valence-corrected chi connectivity index (χ4v) is 4.98. The number of benzene rings is 2. The molecule has 0 saturated carbocycles. The molecule has 1 fully saturated rings. The fraction of sp³-hybridized carbons (Fsp3) is 0.385. The Bertz CT molecular complexity index is 1050. The van der Waals surface area contributed by atoms with Gasteiger partial charge >= 0.3 is 0 Å². The van der Waals surface area contributed by atoms with Crippen molar-refractivity contribution in [2.45, 2.75) is 32.9 Å². The summed E-state index contributed by atoms with van der Waals surface area (Å²) in [5.41, 5.74) is 2.31. The number of nitrogens with one attached hydrogen (secondary N) is 1. The molecule has 3 aromatic rings. The quantitative estimate of drug-likeness (QED) is 0.595. The van der Waals surface area contributed by atoms with E-state index in [-0.39, 0.29) is 24.2 Å². The normalized spacial score (nSPS) is 15.8. The van der Waals surface area contributed by atoms with E-state index in [9.17, 15) is 9.59 Å². The Hall–Kier alpha value is -2.70. The highest BCUT2D eigenvalue weighted by molar-refractivity contribution is 7.07. The molecule has 0 bridgehead atoms. The van der Waals surface area contributed by atoms with Gasteiger partial charge in [0.1, 0.15) is 6.04 Å². The van der Waals surface area contributed by atoms with Crippen LogP contribution in [0.4, 0.5) is 0 Å². The van der Waals surface area contributed by atoms with Crippen LogP contribution in [-0.2, 0) is 22.6 Å². The predicted octanol–water partition coefficient (Wildman–Crippen LogP) is 3.93. The summed E-state index contributed by atoms with van der Waals surface area (Å²) in [6.45, 7) is 8.03. The van der Waals surface area contributed by atoms with E-state index in [0.717, 1.165) is 36.0 Å². The Balaban J connectivity index is 1.35. The summed E-state index contributed by atoms with van der Waals surface area (Å²) in [7, 11) is 0. The van der Waals surface area contributed by atoms with E-state index in [0.29, 0.717) is 13.1 Å². The molecule has 168 valence electrons. The lowest BCUT2D eigenvalue weighted by Crippen LogP contribution is -2.56. The van der Waals surface area contributed by atoms with E-state index < -0.39 is 6.04 Å². The minimum absolute atomic E-state index is 0.0291. The van der Waals surface area contributed by atoms with Crippen molar-refractivity contribution in [2.24, 2.45) is 5.92 Å². The zero-order valence-corrected chi connectivity index (χ0v) is 19.6. The van der Waals surface area contributed by atoms with E-state index in [1.807, 2.05) is 49.1 Å². The van der Waals surface area contributed by atoms with Crippen LogP contribution in [0.25, 0.3) is 10.8 Å². The maximum atomic E-state index is 13.3. The number of fused-ring (bicyclic) bond motifs is 1. The number of hydrogen-bond acceptors (Lipinski definition) is 4. The Morgan fingerprint density at radius 1 is 1.00 bits per heavy atom. The van der Waals surface area contributed by atoms with Crippen LogP contribution in [0.15, 0.2) is 59.3 Å². The third-order valence-corrected chi connectivity index (χ3v) is 6.88. The first-order valence-corrected chi connectivity index (χ1v) is 12.2. The number of nitrogens with zero attached hydrogens (tertiary/aromatic N) is 2. The molecule has 1 aromatic heterocycles. The molecule has 0 radical (unpaired) electrons. The van der Waals surface area contributed by atoms with Gasteiger partial charge in [0.15, 0.2) is 0 Å². The molecule has 2 heterocycles. The highest BCUT2D eigenvalue weighted by Crippen LogP contribution is 2.19.